The maximum atomic E-state index is 12.6. The topological polar surface area (TPSA) is 35.5 Å². The Bertz CT molecular complexity index is 1070. The molecule has 0 saturated heterocycles. The van der Waals surface area contributed by atoms with Gasteiger partial charge in [0.25, 0.3) is 0 Å². The van der Waals surface area contributed by atoms with Gasteiger partial charge in [-0.25, -0.2) is 0 Å². The van der Waals surface area contributed by atoms with Crippen molar-refractivity contribution in [3.8, 4) is 17.2 Å². The SMILES string of the molecule is COc1ccc2cc(Oc3ccc(C(=O)C4=CCC(C)C=C4)cc3)ccc2c1. The maximum absolute atomic E-state index is 12.6. The Morgan fingerprint density at radius 3 is 2.18 bits per heavy atom. The van der Waals surface area contributed by atoms with Crippen molar-refractivity contribution in [3.05, 3.63) is 90.0 Å². The molecule has 0 bridgehead atoms. The molecule has 0 saturated carbocycles. The number of ketones is 1. The summed E-state index contributed by atoms with van der Waals surface area (Å²) >= 11 is 0. The Labute approximate surface area is 164 Å². The average molecular weight is 370 g/mol. The number of hydrogen-bond acceptors (Lipinski definition) is 3. The number of carbonyl (C=O) groups excluding carboxylic acids is 1. The van der Waals surface area contributed by atoms with Gasteiger partial charge in [0.15, 0.2) is 5.78 Å². The van der Waals surface area contributed by atoms with E-state index in [-0.39, 0.29) is 5.78 Å². The highest BCUT2D eigenvalue weighted by Gasteiger charge is 2.13. The van der Waals surface area contributed by atoms with Crippen LogP contribution < -0.4 is 9.47 Å². The summed E-state index contributed by atoms with van der Waals surface area (Å²) in [5.74, 6) is 2.83. The van der Waals surface area contributed by atoms with Crippen molar-refractivity contribution in [1.29, 1.82) is 0 Å². The molecule has 140 valence electrons. The van der Waals surface area contributed by atoms with Gasteiger partial charge in [0.2, 0.25) is 0 Å². The quantitative estimate of drug-likeness (QED) is 0.491. The van der Waals surface area contributed by atoms with E-state index in [2.05, 4.69) is 13.0 Å². The van der Waals surface area contributed by atoms with E-state index < -0.39 is 0 Å². The zero-order valence-corrected chi connectivity index (χ0v) is 16.0. The molecule has 28 heavy (non-hydrogen) atoms. The molecule has 1 unspecified atom stereocenters. The zero-order chi connectivity index (χ0) is 19.5. The Kier molecular flexibility index (Phi) is 4.98. The molecule has 0 N–H and O–H groups in total. The van der Waals surface area contributed by atoms with Gasteiger partial charge in [-0.05, 0) is 71.6 Å². The van der Waals surface area contributed by atoms with Crippen molar-refractivity contribution < 1.29 is 14.3 Å². The number of rotatable bonds is 5. The van der Waals surface area contributed by atoms with Crippen molar-refractivity contribution in [2.45, 2.75) is 13.3 Å². The normalized spacial score (nSPS) is 15.9. The molecule has 1 atom stereocenters. The third kappa shape index (κ3) is 3.84. The van der Waals surface area contributed by atoms with Gasteiger partial charge in [-0.2, -0.15) is 0 Å². The first-order valence-electron chi connectivity index (χ1n) is 9.41. The van der Waals surface area contributed by atoms with Gasteiger partial charge in [0, 0.05) is 11.1 Å². The van der Waals surface area contributed by atoms with Crippen LogP contribution in [0.1, 0.15) is 23.7 Å². The molecule has 1 aliphatic carbocycles. The molecule has 0 aromatic heterocycles. The molecule has 3 nitrogen and oxygen atoms in total. The molecule has 1 aliphatic rings. The second kappa shape index (κ2) is 7.73. The molecular weight excluding hydrogens is 348 g/mol. The highest BCUT2D eigenvalue weighted by molar-refractivity contribution is 6.10. The smallest absolute Gasteiger partial charge is 0.192 e. The summed E-state index contributed by atoms with van der Waals surface area (Å²) in [4.78, 5) is 12.6. The van der Waals surface area contributed by atoms with Crippen molar-refractivity contribution in [2.24, 2.45) is 5.92 Å². The van der Waals surface area contributed by atoms with Gasteiger partial charge in [-0.15, -0.1) is 0 Å². The van der Waals surface area contributed by atoms with Crippen molar-refractivity contribution in [1.82, 2.24) is 0 Å². The number of ether oxygens (including phenoxy) is 2. The van der Waals surface area contributed by atoms with Gasteiger partial charge >= 0.3 is 0 Å². The minimum atomic E-state index is 0.0503. The van der Waals surface area contributed by atoms with Crippen LogP contribution in [0.25, 0.3) is 10.8 Å². The van der Waals surface area contributed by atoms with Crippen LogP contribution >= 0.6 is 0 Å². The van der Waals surface area contributed by atoms with Crippen LogP contribution in [-0.2, 0) is 0 Å². The molecule has 0 amide bonds. The second-order valence-corrected chi connectivity index (χ2v) is 7.06. The number of allylic oxidation sites excluding steroid dienone is 4. The lowest BCUT2D eigenvalue weighted by Crippen LogP contribution is -2.05. The van der Waals surface area contributed by atoms with Crippen LogP contribution in [0.5, 0.6) is 17.2 Å². The molecule has 3 aromatic rings. The first-order chi connectivity index (χ1) is 13.6. The summed E-state index contributed by atoms with van der Waals surface area (Å²) in [6.45, 7) is 2.14. The average Bonchev–Trinajstić information content (AvgIpc) is 2.74. The summed E-state index contributed by atoms with van der Waals surface area (Å²) in [7, 11) is 1.66. The predicted molar refractivity (Wildman–Crippen MR) is 112 cm³/mol. The minimum absolute atomic E-state index is 0.0503. The summed E-state index contributed by atoms with van der Waals surface area (Å²) in [6.07, 6.45) is 6.93. The second-order valence-electron chi connectivity index (χ2n) is 7.06. The van der Waals surface area contributed by atoms with E-state index in [4.69, 9.17) is 9.47 Å². The Hall–Kier alpha value is -3.33. The monoisotopic (exact) mass is 370 g/mol. The fraction of sp³-hybridized carbons (Fsp3) is 0.160. The van der Waals surface area contributed by atoms with Crippen molar-refractivity contribution in [2.75, 3.05) is 7.11 Å². The van der Waals surface area contributed by atoms with E-state index in [1.165, 1.54) is 0 Å². The first-order valence-corrected chi connectivity index (χ1v) is 9.41. The summed E-state index contributed by atoms with van der Waals surface area (Å²) < 4.78 is 11.2. The van der Waals surface area contributed by atoms with E-state index in [0.717, 1.165) is 34.3 Å². The number of fused-ring (bicyclic) bond motifs is 1. The Morgan fingerprint density at radius 1 is 0.893 bits per heavy atom. The molecule has 0 heterocycles. The van der Waals surface area contributed by atoms with Crippen LogP contribution in [-0.4, -0.2) is 12.9 Å². The summed E-state index contributed by atoms with van der Waals surface area (Å²) in [5.41, 5.74) is 1.43. The highest BCUT2D eigenvalue weighted by Crippen LogP contribution is 2.28. The highest BCUT2D eigenvalue weighted by atomic mass is 16.5. The van der Waals surface area contributed by atoms with Crippen molar-refractivity contribution >= 4 is 16.6 Å². The molecule has 0 aliphatic heterocycles. The van der Waals surface area contributed by atoms with Gasteiger partial charge in [0.05, 0.1) is 7.11 Å². The number of Topliss-reactive ketones (excluding diaryl/α,β-unsaturated/α-hetero) is 1. The lowest BCUT2D eigenvalue weighted by molar-refractivity contribution is 0.103. The van der Waals surface area contributed by atoms with E-state index in [0.29, 0.717) is 17.2 Å². The van der Waals surface area contributed by atoms with E-state index in [1.807, 2.05) is 72.8 Å². The predicted octanol–water partition coefficient (Wildman–Crippen LogP) is 6.35. The molecule has 0 spiro atoms. The maximum Gasteiger partial charge on any atom is 0.192 e. The minimum Gasteiger partial charge on any atom is -0.497 e. The number of benzene rings is 3. The molecule has 0 radical (unpaired) electrons. The zero-order valence-electron chi connectivity index (χ0n) is 16.0. The molecule has 3 heteroatoms. The van der Waals surface area contributed by atoms with Gasteiger partial charge in [-0.1, -0.05) is 37.3 Å². The summed E-state index contributed by atoms with van der Waals surface area (Å²) in [6, 6.07) is 19.2. The molecule has 4 rings (SSSR count). The Balaban J connectivity index is 1.49. The third-order valence-electron chi connectivity index (χ3n) is 4.95. The van der Waals surface area contributed by atoms with Crippen LogP contribution in [0.4, 0.5) is 0 Å². The molecular formula is C25H22O3. The standard InChI is InChI=1S/C25H22O3/c1-17-3-5-18(6-4-17)25(26)19-7-11-22(12-8-19)28-24-14-10-20-15-23(27-2)13-9-21(20)16-24/h3,5-17H,4H2,1-2H3. The number of methoxy groups -OCH3 is 1. The Morgan fingerprint density at radius 2 is 1.54 bits per heavy atom. The van der Waals surface area contributed by atoms with Crippen LogP contribution in [0.3, 0.4) is 0 Å². The molecule has 0 fully saturated rings. The van der Waals surface area contributed by atoms with E-state index in [1.54, 1.807) is 7.11 Å². The van der Waals surface area contributed by atoms with E-state index in [9.17, 15) is 4.79 Å². The lowest BCUT2D eigenvalue weighted by Gasteiger charge is -2.11. The first kappa shape index (κ1) is 18.1. The number of carbonyl (C=O) groups is 1. The largest absolute Gasteiger partial charge is 0.497 e. The fourth-order valence-corrected chi connectivity index (χ4v) is 3.27. The number of hydrogen-bond donors (Lipinski definition) is 0. The van der Waals surface area contributed by atoms with Gasteiger partial charge in [-0.3, -0.25) is 4.79 Å². The lowest BCUT2D eigenvalue weighted by atomic mass is 9.94. The summed E-state index contributed by atoms with van der Waals surface area (Å²) in [5, 5.41) is 2.17. The molecule has 3 aromatic carbocycles. The van der Waals surface area contributed by atoms with Crippen molar-refractivity contribution in [3.63, 3.8) is 0 Å². The van der Waals surface area contributed by atoms with Crippen LogP contribution in [0, 0.1) is 5.92 Å². The van der Waals surface area contributed by atoms with Crippen LogP contribution in [0.15, 0.2) is 84.5 Å². The van der Waals surface area contributed by atoms with Gasteiger partial charge in [0.1, 0.15) is 17.2 Å². The fourth-order valence-electron chi connectivity index (χ4n) is 3.27. The van der Waals surface area contributed by atoms with E-state index >= 15 is 0 Å². The van der Waals surface area contributed by atoms with Crippen LogP contribution in [0.2, 0.25) is 0 Å². The third-order valence-corrected chi connectivity index (χ3v) is 4.95. The van der Waals surface area contributed by atoms with Gasteiger partial charge < -0.3 is 9.47 Å².